The smallest absolute Gasteiger partial charge is 0.336 e. The predicted molar refractivity (Wildman–Crippen MR) is 89.0 cm³/mol. The highest BCUT2D eigenvalue weighted by atomic mass is 16.5. The van der Waals surface area contributed by atoms with Crippen LogP contribution in [0.5, 0.6) is 5.75 Å². The van der Waals surface area contributed by atoms with E-state index in [2.05, 4.69) is 5.32 Å². The summed E-state index contributed by atoms with van der Waals surface area (Å²) in [6.45, 7) is -0.283. The van der Waals surface area contributed by atoms with Crippen molar-refractivity contribution >= 4 is 22.6 Å². The number of carbonyl (C=O) groups is 1. The summed E-state index contributed by atoms with van der Waals surface area (Å²) in [5.41, 5.74) is 1.25. The summed E-state index contributed by atoms with van der Waals surface area (Å²) >= 11 is 0. The molecule has 0 atom stereocenters. The zero-order valence-electron chi connectivity index (χ0n) is 12.7. The third-order valence-electron chi connectivity index (χ3n) is 3.36. The molecule has 3 aromatic rings. The zero-order valence-corrected chi connectivity index (χ0v) is 12.7. The summed E-state index contributed by atoms with van der Waals surface area (Å²) in [7, 11) is 0. The SMILES string of the molecule is O=C(COc1ccc2ccc(=O)oc2c1)Nc1cccc(CO)c1. The molecule has 6 heteroatoms. The second-order valence-corrected chi connectivity index (χ2v) is 5.15. The highest BCUT2D eigenvalue weighted by Gasteiger charge is 2.06. The molecule has 0 aliphatic carbocycles. The molecule has 1 heterocycles. The van der Waals surface area contributed by atoms with Gasteiger partial charge in [0.1, 0.15) is 11.3 Å². The molecule has 122 valence electrons. The summed E-state index contributed by atoms with van der Waals surface area (Å²) < 4.78 is 10.5. The van der Waals surface area contributed by atoms with Crippen LogP contribution in [0.1, 0.15) is 5.56 Å². The fraction of sp³-hybridized carbons (Fsp3) is 0.111. The number of hydrogen-bond donors (Lipinski definition) is 2. The molecule has 0 fully saturated rings. The number of ether oxygens (including phenoxy) is 1. The molecular formula is C18H15NO5. The van der Waals surface area contributed by atoms with Crippen LogP contribution in [-0.4, -0.2) is 17.6 Å². The molecule has 6 nitrogen and oxygen atoms in total. The molecule has 0 unspecified atom stereocenters. The average Bonchev–Trinajstić information content (AvgIpc) is 2.59. The molecular weight excluding hydrogens is 310 g/mol. The Kier molecular flexibility index (Phi) is 4.58. The molecule has 0 saturated carbocycles. The van der Waals surface area contributed by atoms with Crippen molar-refractivity contribution in [3.05, 3.63) is 70.6 Å². The van der Waals surface area contributed by atoms with Crippen molar-refractivity contribution in [3.63, 3.8) is 0 Å². The number of rotatable bonds is 5. The van der Waals surface area contributed by atoms with E-state index in [1.54, 1.807) is 48.5 Å². The van der Waals surface area contributed by atoms with Crippen LogP contribution in [0.2, 0.25) is 0 Å². The lowest BCUT2D eigenvalue weighted by atomic mass is 10.2. The van der Waals surface area contributed by atoms with Crippen molar-refractivity contribution in [2.24, 2.45) is 0 Å². The number of anilines is 1. The fourth-order valence-corrected chi connectivity index (χ4v) is 2.22. The predicted octanol–water partition coefficient (Wildman–Crippen LogP) is 2.30. The van der Waals surface area contributed by atoms with E-state index in [1.165, 1.54) is 6.07 Å². The van der Waals surface area contributed by atoms with E-state index in [0.29, 0.717) is 22.6 Å². The molecule has 1 amide bonds. The lowest BCUT2D eigenvalue weighted by molar-refractivity contribution is -0.118. The van der Waals surface area contributed by atoms with E-state index in [9.17, 15) is 9.59 Å². The van der Waals surface area contributed by atoms with Crippen LogP contribution in [0.3, 0.4) is 0 Å². The Hall–Kier alpha value is -3.12. The zero-order chi connectivity index (χ0) is 16.9. The first-order chi connectivity index (χ1) is 11.6. The maximum Gasteiger partial charge on any atom is 0.336 e. The van der Waals surface area contributed by atoms with Crippen molar-refractivity contribution in [1.82, 2.24) is 0 Å². The molecule has 0 bridgehead atoms. The molecule has 0 saturated heterocycles. The van der Waals surface area contributed by atoms with Gasteiger partial charge in [-0.25, -0.2) is 4.79 Å². The van der Waals surface area contributed by atoms with Gasteiger partial charge < -0.3 is 19.6 Å². The molecule has 0 spiro atoms. The highest BCUT2D eigenvalue weighted by Crippen LogP contribution is 2.19. The molecule has 24 heavy (non-hydrogen) atoms. The largest absolute Gasteiger partial charge is 0.484 e. The Labute approximate surface area is 137 Å². The maximum absolute atomic E-state index is 11.9. The number of nitrogens with one attached hydrogen (secondary N) is 1. The lowest BCUT2D eigenvalue weighted by Gasteiger charge is -2.08. The van der Waals surface area contributed by atoms with Gasteiger partial charge in [0.15, 0.2) is 6.61 Å². The summed E-state index contributed by atoms with van der Waals surface area (Å²) in [5.74, 6) is 0.0933. The number of amides is 1. The number of aliphatic hydroxyl groups excluding tert-OH is 1. The summed E-state index contributed by atoms with van der Waals surface area (Å²) in [5, 5.41) is 12.5. The highest BCUT2D eigenvalue weighted by molar-refractivity contribution is 5.92. The van der Waals surface area contributed by atoms with E-state index < -0.39 is 5.63 Å². The van der Waals surface area contributed by atoms with Crippen LogP contribution in [-0.2, 0) is 11.4 Å². The summed E-state index contributed by atoms with van der Waals surface area (Å²) in [6.07, 6.45) is 0. The van der Waals surface area contributed by atoms with Crippen LogP contribution in [0.15, 0.2) is 63.8 Å². The molecule has 2 aromatic carbocycles. The van der Waals surface area contributed by atoms with E-state index >= 15 is 0 Å². The molecule has 1 aromatic heterocycles. The third kappa shape index (κ3) is 3.80. The molecule has 0 aliphatic rings. The first-order valence-corrected chi connectivity index (χ1v) is 7.30. The van der Waals surface area contributed by atoms with Crippen LogP contribution >= 0.6 is 0 Å². The molecule has 0 aliphatic heterocycles. The normalized spacial score (nSPS) is 10.5. The van der Waals surface area contributed by atoms with Gasteiger partial charge in [-0.05, 0) is 35.9 Å². The van der Waals surface area contributed by atoms with Gasteiger partial charge in [0.2, 0.25) is 0 Å². The van der Waals surface area contributed by atoms with Crippen LogP contribution < -0.4 is 15.7 Å². The van der Waals surface area contributed by atoms with E-state index in [4.69, 9.17) is 14.3 Å². The second kappa shape index (κ2) is 6.97. The fourth-order valence-electron chi connectivity index (χ4n) is 2.22. The van der Waals surface area contributed by atoms with Gasteiger partial charge in [0.25, 0.3) is 5.91 Å². The minimum atomic E-state index is -0.443. The van der Waals surface area contributed by atoms with Gasteiger partial charge in [-0.15, -0.1) is 0 Å². The van der Waals surface area contributed by atoms with Crippen molar-refractivity contribution in [2.75, 3.05) is 11.9 Å². The molecule has 3 rings (SSSR count). The number of hydrogen-bond acceptors (Lipinski definition) is 5. The topological polar surface area (TPSA) is 88.8 Å². The number of carbonyl (C=O) groups excluding carboxylic acids is 1. The number of aliphatic hydroxyl groups is 1. The van der Waals surface area contributed by atoms with E-state index in [1.807, 2.05) is 0 Å². The van der Waals surface area contributed by atoms with Crippen LogP contribution in [0.4, 0.5) is 5.69 Å². The van der Waals surface area contributed by atoms with Crippen molar-refractivity contribution in [1.29, 1.82) is 0 Å². The first-order valence-electron chi connectivity index (χ1n) is 7.30. The van der Waals surface area contributed by atoms with Gasteiger partial charge >= 0.3 is 5.63 Å². The average molecular weight is 325 g/mol. The molecule has 0 radical (unpaired) electrons. The summed E-state index contributed by atoms with van der Waals surface area (Å²) in [4.78, 5) is 23.2. The van der Waals surface area contributed by atoms with Crippen molar-refractivity contribution in [3.8, 4) is 5.75 Å². The summed E-state index contributed by atoms with van der Waals surface area (Å²) in [6, 6.07) is 14.9. The van der Waals surface area contributed by atoms with Gasteiger partial charge in [-0.1, -0.05) is 12.1 Å². The third-order valence-corrected chi connectivity index (χ3v) is 3.36. The Balaban J connectivity index is 1.64. The van der Waals surface area contributed by atoms with Crippen LogP contribution in [0, 0.1) is 0 Å². The van der Waals surface area contributed by atoms with Gasteiger partial charge in [-0.3, -0.25) is 4.79 Å². The Morgan fingerprint density at radius 2 is 1.96 bits per heavy atom. The Bertz CT molecular complexity index is 932. The lowest BCUT2D eigenvalue weighted by Crippen LogP contribution is -2.20. The monoisotopic (exact) mass is 325 g/mol. The number of fused-ring (bicyclic) bond motifs is 1. The van der Waals surface area contributed by atoms with Crippen LogP contribution in [0.25, 0.3) is 11.0 Å². The maximum atomic E-state index is 11.9. The van der Waals surface area contributed by atoms with E-state index in [-0.39, 0.29) is 19.1 Å². The van der Waals surface area contributed by atoms with Crippen molar-refractivity contribution < 1.29 is 19.1 Å². The van der Waals surface area contributed by atoms with Gasteiger partial charge in [0, 0.05) is 23.2 Å². The van der Waals surface area contributed by atoms with Crippen molar-refractivity contribution in [2.45, 2.75) is 6.61 Å². The quantitative estimate of drug-likeness (QED) is 0.703. The second-order valence-electron chi connectivity index (χ2n) is 5.15. The Morgan fingerprint density at radius 1 is 1.12 bits per heavy atom. The standard InChI is InChI=1S/C18H15NO5/c20-10-12-2-1-3-14(8-12)19-17(21)11-23-15-6-4-13-5-7-18(22)24-16(13)9-15/h1-9,20H,10-11H2,(H,19,21). The number of benzene rings is 2. The Morgan fingerprint density at radius 3 is 2.79 bits per heavy atom. The minimum absolute atomic E-state index is 0.0947. The minimum Gasteiger partial charge on any atom is -0.484 e. The molecule has 2 N–H and O–H groups in total. The van der Waals surface area contributed by atoms with E-state index in [0.717, 1.165) is 5.39 Å². The van der Waals surface area contributed by atoms with Gasteiger partial charge in [-0.2, -0.15) is 0 Å². The first kappa shape index (κ1) is 15.8. The van der Waals surface area contributed by atoms with Gasteiger partial charge in [0.05, 0.1) is 6.61 Å².